The van der Waals surface area contributed by atoms with Gasteiger partial charge in [-0.1, -0.05) is 0 Å². The van der Waals surface area contributed by atoms with Crippen LogP contribution in [0.4, 0.5) is 0 Å². The third-order valence-electron chi connectivity index (χ3n) is 3.35. The number of thioether (sulfide) groups is 1. The van der Waals surface area contributed by atoms with Crippen molar-refractivity contribution < 1.29 is 14.7 Å². The van der Waals surface area contributed by atoms with Crippen LogP contribution in [0.2, 0.25) is 0 Å². The van der Waals surface area contributed by atoms with Crippen molar-refractivity contribution >= 4 is 23.6 Å². The number of rotatable bonds is 4. The minimum Gasteiger partial charge on any atom is -0.480 e. The fourth-order valence-corrected chi connectivity index (χ4v) is 3.25. The fourth-order valence-electron chi connectivity index (χ4n) is 2.05. The Hall–Kier alpha value is -0.710. The van der Waals surface area contributed by atoms with Gasteiger partial charge in [0.25, 0.3) is 0 Å². The van der Waals surface area contributed by atoms with E-state index in [4.69, 9.17) is 5.11 Å². The highest BCUT2D eigenvalue weighted by Gasteiger charge is 2.51. The lowest BCUT2D eigenvalue weighted by Crippen LogP contribution is -2.43. The molecule has 4 nitrogen and oxygen atoms in total. The maximum Gasteiger partial charge on any atom is 0.329 e. The zero-order chi connectivity index (χ0) is 11.6. The molecule has 2 N–H and O–H groups in total. The SMILES string of the molecule is O=C(CC1CCSCC1)NC1(C(=O)O)CC1. The molecule has 1 saturated heterocycles. The minimum absolute atomic E-state index is 0.0863. The van der Waals surface area contributed by atoms with Gasteiger partial charge in [-0.25, -0.2) is 4.79 Å². The van der Waals surface area contributed by atoms with Crippen LogP contribution in [0.3, 0.4) is 0 Å². The molecule has 2 aliphatic rings. The highest BCUT2D eigenvalue weighted by molar-refractivity contribution is 7.99. The summed E-state index contributed by atoms with van der Waals surface area (Å²) in [5.74, 6) is 1.73. The molecule has 2 fully saturated rings. The molecule has 0 spiro atoms. The molecule has 0 aromatic carbocycles. The Morgan fingerprint density at radius 2 is 1.94 bits per heavy atom. The molecule has 0 bridgehead atoms. The molecule has 16 heavy (non-hydrogen) atoms. The first-order valence-corrected chi connectivity index (χ1v) is 6.90. The maximum atomic E-state index is 11.7. The number of aliphatic carboxylic acids is 1. The molecular weight excluding hydrogens is 226 g/mol. The summed E-state index contributed by atoms with van der Waals surface area (Å²) < 4.78 is 0. The second-order valence-corrected chi connectivity index (χ2v) is 5.92. The van der Waals surface area contributed by atoms with Crippen LogP contribution in [-0.4, -0.2) is 34.0 Å². The molecule has 0 aromatic rings. The Morgan fingerprint density at radius 1 is 1.31 bits per heavy atom. The fraction of sp³-hybridized carbons (Fsp3) is 0.818. The molecule has 0 atom stereocenters. The van der Waals surface area contributed by atoms with Crippen LogP contribution >= 0.6 is 11.8 Å². The van der Waals surface area contributed by atoms with Gasteiger partial charge in [-0.3, -0.25) is 4.79 Å². The van der Waals surface area contributed by atoms with E-state index in [0.29, 0.717) is 25.2 Å². The molecule has 1 amide bonds. The summed E-state index contributed by atoms with van der Waals surface area (Å²) in [6.45, 7) is 0. The Morgan fingerprint density at radius 3 is 2.44 bits per heavy atom. The van der Waals surface area contributed by atoms with Gasteiger partial charge < -0.3 is 10.4 Å². The maximum absolute atomic E-state index is 11.7. The molecule has 0 aromatic heterocycles. The third-order valence-corrected chi connectivity index (χ3v) is 4.40. The second kappa shape index (κ2) is 4.65. The first kappa shape index (κ1) is 11.8. The number of carboxylic acid groups (broad SMARTS) is 1. The lowest BCUT2D eigenvalue weighted by atomic mass is 9.98. The number of hydrogen-bond acceptors (Lipinski definition) is 3. The van der Waals surface area contributed by atoms with Gasteiger partial charge in [-0.05, 0) is 43.1 Å². The van der Waals surface area contributed by atoms with E-state index in [9.17, 15) is 9.59 Å². The Balaban J connectivity index is 1.78. The quantitative estimate of drug-likeness (QED) is 0.780. The summed E-state index contributed by atoms with van der Waals surface area (Å²) in [5, 5.41) is 11.6. The van der Waals surface area contributed by atoms with Crippen molar-refractivity contribution in [2.45, 2.75) is 37.6 Å². The van der Waals surface area contributed by atoms with Crippen molar-refractivity contribution in [3.63, 3.8) is 0 Å². The lowest BCUT2D eigenvalue weighted by Gasteiger charge is -2.21. The average molecular weight is 243 g/mol. The molecular formula is C11H17NO3S. The number of amides is 1. The van der Waals surface area contributed by atoms with Crippen molar-refractivity contribution in [1.29, 1.82) is 0 Å². The number of hydrogen-bond donors (Lipinski definition) is 2. The Bertz CT molecular complexity index is 296. The minimum atomic E-state index is -0.916. The molecule has 1 heterocycles. The van der Waals surface area contributed by atoms with E-state index in [1.54, 1.807) is 0 Å². The van der Waals surface area contributed by atoms with Crippen LogP contribution in [0.1, 0.15) is 32.1 Å². The molecule has 1 aliphatic heterocycles. The third kappa shape index (κ3) is 2.70. The van der Waals surface area contributed by atoms with Gasteiger partial charge in [0.15, 0.2) is 0 Å². The largest absolute Gasteiger partial charge is 0.480 e. The topological polar surface area (TPSA) is 66.4 Å². The lowest BCUT2D eigenvalue weighted by molar-refractivity contribution is -0.143. The van der Waals surface area contributed by atoms with Crippen molar-refractivity contribution in [1.82, 2.24) is 5.32 Å². The normalized spacial score (nSPS) is 23.8. The zero-order valence-electron chi connectivity index (χ0n) is 9.20. The summed E-state index contributed by atoms with van der Waals surface area (Å²) in [6, 6.07) is 0. The first-order valence-electron chi connectivity index (χ1n) is 5.74. The molecule has 2 rings (SSSR count). The molecule has 1 aliphatic carbocycles. The van der Waals surface area contributed by atoms with E-state index in [-0.39, 0.29) is 5.91 Å². The van der Waals surface area contributed by atoms with Crippen LogP contribution in [0.15, 0.2) is 0 Å². The molecule has 1 saturated carbocycles. The first-order chi connectivity index (χ1) is 7.62. The van der Waals surface area contributed by atoms with E-state index in [0.717, 1.165) is 24.3 Å². The Kier molecular flexibility index (Phi) is 3.42. The van der Waals surface area contributed by atoms with Crippen LogP contribution in [0.5, 0.6) is 0 Å². The highest BCUT2D eigenvalue weighted by Crippen LogP contribution is 2.36. The molecule has 0 unspecified atom stereocenters. The summed E-state index contributed by atoms with van der Waals surface area (Å²) in [7, 11) is 0. The van der Waals surface area contributed by atoms with Crippen LogP contribution in [0, 0.1) is 5.92 Å². The number of carbonyl (C=O) groups excluding carboxylic acids is 1. The van der Waals surface area contributed by atoms with Crippen molar-refractivity contribution in [3.05, 3.63) is 0 Å². The van der Waals surface area contributed by atoms with E-state index >= 15 is 0 Å². The van der Waals surface area contributed by atoms with Crippen molar-refractivity contribution in [2.75, 3.05) is 11.5 Å². The van der Waals surface area contributed by atoms with Gasteiger partial charge in [0.05, 0.1) is 0 Å². The van der Waals surface area contributed by atoms with Gasteiger partial charge in [-0.15, -0.1) is 0 Å². The van der Waals surface area contributed by atoms with Gasteiger partial charge in [0.1, 0.15) is 5.54 Å². The monoisotopic (exact) mass is 243 g/mol. The Labute approximate surface area is 99.2 Å². The molecule has 0 radical (unpaired) electrons. The van der Waals surface area contributed by atoms with Gasteiger partial charge in [-0.2, -0.15) is 11.8 Å². The van der Waals surface area contributed by atoms with Crippen LogP contribution in [-0.2, 0) is 9.59 Å². The predicted molar refractivity (Wildman–Crippen MR) is 62.4 cm³/mol. The van der Waals surface area contributed by atoms with Crippen molar-refractivity contribution in [3.8, 4) is 0 Å². The van der Waals surface area contributed by atoms with Crippen molar-refractivity contribution in [2.24, 2.45) is 5.92 Å². The molecule has 90 valence electrons. The van der Waals surface area contributed by atoms with E-state index in [1.807, 2.05) is 11.8 Å². The summed E-state index contributed by atoms with van der Waals surface area (Å²) >= 11 is 1.93. The average Bonchev–Trinajstić information content (AvgIpc) is 3.00. The van der Waals surface area contributed by atoms with Gasteiger partial charge in [0, 0.05) is 6.42 Å². The van der Waals surface area contributed by atoms with Gasteiger partial charge in [0.2, 0.25) is 5.91 Å². The smallest absolute Gasteiger partial charge is 0.329 e. The molecule has 5 heteroatoms. The number of carbonyl (C=O) groups is 2. The van der Waals surface area contributed by atoms with Gasteiger partial charge >= 0.3 is 5.97 Å². The standard InChI is InChI=1S/C11H17NO3S/c13-9(7-8-1-5-16-6-2-8)12-11(3-4-11)10(14)15/h8H,1-7H2,(H,12,13)(H,14,15). The van der Waals surface area contributed by atoms with E-state index < -0.39 is 11.5 Å². The van der Waals surface area contributed by atoms with E-state index in [2.05, 4.69) is 5.32 Å². The highest BCUT2D eigenvalue weighted by atomic mass is 32.2. The second-order valence-electron chi connectivity index (χ2n) is 4.70. The van der Waals surface area contributed by atoms with Crippen LogP contribution < -0.4 is 5.32 Å². The zero-order valence-corrected chi connectivity index (χ0v) is 10.0. The summed E-state index contributed by atoms with van der Waals surface area (Å²) in [4.78, 5) is 22.6. The number of nitrogens with one attached hydrogen (secondary N) is 1. The summed E-state index contributed by atoms with van der Waals surface area (Å²) in [5.41, 5.74) is -0.916. The van der Waals surface area contributed by atoms with E-state index in [1.165, 1.54) is 0 Å². The number of carboxylic acids is 1. The van der Waals surface area contributed by atoms with Crippen LogP contribution in [0.25, 0.3) is 0 Å². The predicted octanol–water partition coefficient (Wildman–Crippen LogP) is 1.25. The summed E-state index contributed by atoms with van der Waals surface area (Å²) in [6.07, 6.45) is 3.81.